The monoisotopic (exact) mass is 304 g/mol. The van der Waals surface area contributed by atoms with Gasteiger partial charge in [0.15, 0.2) is 0 Å². The van der Waals surface area contributed by atoms with E-state index in [4.69, 9.17) is 0 Å². The predicted octanol–water partition coefficient (Wildman–Crippen LogP) is 1.39. The highest BCUT2D eigenvalue weighted by Gasteiger charge is 2.14. The molecule has 1 rings (SSSR count). The van der Waals surface area contributed by atoms with Crippen molar-refractivity contribution in [3.63, 3.8) is 0 Å². The lowest BCUT2D eigenvalue weighted by atomic mass is 10.3. The number of carbonyl (C=O) groups is 2. The number of hydrogen-bond donors (Lipinski definition) is 0. The Bertz CT molecular complexity index is 416. The first-order valence-corrected chi connectivity index (χ1v) is 5.76. The van der Waals surface area contributed by atoms with E-state index < -0.39 is 5.97 Å². The molecule has 7 heteroatoms. The fraction of sp³-hybridized carbons (Fsp3) is 0.500. The highest BCUT2D eigenvalue weighted by molar-refractivity contribution is 9.10. The fourth-order valence-electron chi connectivity index (χ4n) is 1.30. The highest BCUT2D eigenvalue weighted by atomic mass is 79.9. The van der Waals surface area contributed by atoms with Gasteiger partial charge in [0.1, 0.15) is 10.3 Å². The Hall–Kier alpha value is -1.37. The molecule has 0 radical (unpaired) electrons. The molecule has 0 saturated carbocycles. The van der Waals surface area contributed by atoms with Crippen LogP contribution in [0.5, 0.6) is 0 Å². The average molecular weight is 305 g/mol. The van der Waals surface area contributed by atoms with E-state index >= 15 is 0 Å². The van der Waals surface area contributed by atoms with Crippen LogP contribution in [0.15, 0.2) is 10.7 Å². The molecule has 0 bridgehead atoms. The summed E-state index contributed by atoms with van der Waals surface area (Å²) in [5, 5.41) is 4.08. The molecule has 0 aromatic carbocycles. The summed E-state index contributed by atoms with van der Waals surface area (Å²) >= 11 is 3.18. The maximum Gasteiger partial charge on any atom is 0.356 e. The van der Waals surface area contributed by atoms with Gasteiger partial charge in [-0.3, -0.25) is 9.48 Å². The molecule has 0 spiro atoms. The molecular weight excluding hydrogens is 292 g/mol. The number of methoxy groups -OCH3 is 2. The second kappa shape index (κ2) is 6.39. The lowest BCUT2D eigenvalue weighted by Crippen LogP contribution is -2.13. The van der Waals surface area contributed by atoms with E-state index in [-0.39, 0.29) is 12.4 Å². The van der Waals surface area contributed by atoms with Crippen LogP contribution in [0, 0.1) is 0 Å². The first-order chi connectivity index (χ1) is 8.08. The van der Waals surface area contributed by atoms with Gasteiger partial charge in [0.2, 0.25) is 0 Å². The SMILES string of the molecule is COC(=O)CCCn1nc(Br)cc1C(=O)OC. The molecule has 0 fully saturated rings. The second-order valence-corrected chi connectivity index (χ2v) is 4.06. The van der Waals surface area contributed by atoms with Crippen LogP contribution in [0.4, 0.5) is 0 Å². The summed E-state index contributed by atoms with van der Waals surface area (Å²) in [5.74, 6) is -0.739. The van der Waals surface area contributed by atoms with E-state index in [0.29, 0.717) is 23.3 Å². The molecule has 0 aliphatic heterocycles. The third kappa shape index (κ3) is 3.85. The number of carbonyl (C=O) groups excluding carboxylic acids is 2. The molecule has 0 atom stereocenters. The van der Waals surface area contributed by atoms with E-state index in [0.717, 1.165) is 0 Å². The fourth-order valence-corrected chi connectivity index (χ4v) is 1.71. The van der Waals surface area contributed by atoms with Crippen LogP contribution in [0.25, 0.3) is 0 Å². The Kier molecular flexibility index (Phi) is 5.14. The number of aryl methyl sites for hydroxylation is 1. The maximum absolute atomic E-state index is 11.4. The minimum absolute atomic E-state index is 0.282. The molecule has 0 aliphatic carbocycles. The van der Waals surface area contributed by atoms with Crippen molar-refractivity contribution in [3.8, 4) is 0 Å². The largest absolute Gasteiger partial charge is 0.469 e. The molecule has 1 heterocycles. The van der Waals surface area contributed by atoms with Gasteiger partial charge in [-0.2, -0.15) is 5.10 Å². The smallest absolute Gasteiger partial charge is 0.356 e. The maximum atomic E-state index is 11.4. The summed E-state index contributed by atoms with van der Waals surface area (Å²) in [4.78, 5) is 22.3. The van der Waals surface area contributed by atoms with E-state index in [2.05, 4.69) is 30.5 Å². The van der Waals surface area contributed by atoms with Crippen molar-refractivity contribution in [2.45, 2.75) is 19.4 Å². The molecule has 0 saturated heterocycles. The second-order valence-electron chi connectivity index (χ2n) is 3.25. The predicted molar refractivity (Wildman–Crippen MR) is 62.5 cm³/mol. The quantitative estimate of drug-likeness (QED) is 0.769. The van der Waals surface area contributed by atoms with Gasteiger partial charge in [-0.15, -0.1) is 0 Å². The van der Waals surface area contributed by atoms with Gasteiger partial charge < -0.3 is 9.47 Å². The molecule has 1 aromatic rings. The molecule has 17 heavy (non-hydrogen) atoms. The van der Waals surface area contributed by atoms with E-state index in [9.17, 15) is 9.59 Å². The van der Waals surface area contributed by atoms with Gasteiger partial charge in [-0.05, 0) is 22.4 Å². The number of rotatable bonds is 5. The molecule has 94 valence electrons. The molecule has 0 unspecified atom stereocenters. The molecule has 0 aliphatic rings. The Morgan fingerprint density at radius 1 is 1.41 bits per heavy atom. The molecule has 0 N–H and O–H groups in total. The summed E-state index contributed by atoms with van der Waals surface area (Å²) < 4.78 is 11.2. The Balaban J connectivity index is 2.64. The number of halogens is 1. The average Bonchev–Trinajstić information content (AvgIpc) is 2.69. The van der Waals surface area contributed by atoms with Gasteiger partial charge in [0.25, 0.3) is 0 Å². The zero-order valence-electron chi connectivity index (χ0n) is 9.60. The van der Waals surface area contributed by atoms with Gasteiger partial charge in [0.05, 0.1) is 14.2 Å². The topological polar surface area (TPSA) is 70.4 Å². The minimum Gasteiger partial charge on any atom is -0.469 e. The molecule has 0 amide bonds. The van der Waals surface area contributed by atoms with Crippen LogP contribution in [-0.2, 0) is 20.8 Å². The van der Waals surface area contributed by atoms with Crippen LogP contribution in [0.3, 0.4) is 0 Å². The van der Waals surface area contributed by atoms with E-state index in [1.54, 1.807) is 6.07 Å². The first kappa shape index (κ1) is 13.7. The van der Waals surface area contributed by atoms with Crippen molar-refractivity contribution < 1.29 is 19.1 Å². The highest BCUT2D eigenvalue weighted by Crippen LogP contribution is 2.12. The van der Waals surface area contributed by atoms with E-state index in [1.807, 2.05) is 0 Å². The van der Waals surface area contributed by atoms with Crippen molar-refractivity contribution in [1.82, 2.24) is 9.78 Å². The van der Waals surface area contributed by atoms with Crippen molar-refractivity contribution >= 4 is 27.9 Å². The summed E-state index contributed by atoms with van der Waals surface area (Å²) in [6.45, 7) is 0.450. The number of esters is 2. The van der Waals surface area contributed by atoms with Crippen LogP contribution >= 0.6 is 15.9 Å². The summed E-state index contributed by atoms with van der Waals surface area (Å²) in [5.41, 5.74) is 0.351. The molecular formula is C10H13BrN2O4. The summed E-state index contributed by atoms with van der Waals surface area (Å²) in [7, 11) is 2.65. The number of nitrogens with zero attached hydrogens (tertiary/aromatic N) is 2. The number of hydrogen-bond acceptors (Lipinski definition) is 5. The summed E-state index contributed by atoms with van der Waals surface area (Å²) in [6, 6.07) is 1.57. The third-order valence-corrected chi connectivity index (χ3v) is 2.51. The van der Waals surface area contributed by atoms with Gasteiger partial charge in [0, 0.05) is 19.0 Å². The van der Waals surface area contributed by atoms with Crippen molar-refractivity contribution in [3.05, 3.63) is 16.4 Å². The van der Waals surface area contributed by atoms with Crippen molar-refractivity contribution in [2.24, 2.45) is 0 Å². The lowest BCUT2D eigenvalue weighted by Gasteiger charge is -2.05. The third-order valence-electron chi connectivity index (χ3n) is 2.12. The van der Waals surface area contributed by atoms with E-state index in [1.165, 1.54) is 18.9 Å². The number of aromatic nitrogens is 2. The van der Waals surface area contributed by atoms with Crippen LogP contribution in [0.1, 0.15) is 23.3 Å². The minimum atomic E-state index is -0.457. The number of ether oxygens (including phenoxy) is 2. The van der Waals surface area contributed by atoms with Crippen LogP contribution < -0.4 is 0 Å². The Morgan fingerprint density at radius 3 is 2.71 bits per heavy atom. The van der Waals surface area contributed by atoms with Gasteiger partial charge in [-0.25, -0.2) is 4.79 Å². The molecule has 1 aromatic heterocycles. The van der Waals surface area contributed by atoms with Gasteiger partial charge in [-0.1, -0.05) is 0 Å². The normalized spacial score (nSPS) is 10.1. The molecule has 6 nitrogen and oxygen atoms in total. The van der Waals surface area contributed by atoms with Crippen LogP contribution in [-0.4, -0.2) is 35.9 Å². The first-order valence-electron chi connectivity index (χ1n) is 4.97. The summed E-state index contributed by atoms with van der Waals surface area (Å²) in [6.07, 6.45) is 0.833. The zero-order chi connectivity index (χ0) is 12.8. The zero-order valence-corrected chi connectivity index (χ0v) is 11.2. The van der Waals surface area contributed by atoms with Crippen molar-refractivity contribution in [2.75, 3.05) is 14.2 Å². The standard InChI is InChI=1S/C10H13BrN2O4/c1-16-9(14)4-3-5-13-7(10(15)17-2)6-8(11)12-13/h6H,3-5H2,1-2H3. The Morgan fingerprint density at radius 2 is 2.12 bits per heavy atom. The Labute approximate surface area is 107 Å². The lowest BCUT2D eigenvalue weighted by molar-refractivity contribution is -0.140. The van der Waals surface area contributed by atoms with Crippen LogP contribution in [0.2, 0.25) is 0 Å². The van der Waals surface area contributed by atoms with Crippen molar-refractivity contribution in [1.29, 1.82) is 0 Å². The van der Waals surface area contributed by atoms with Gasteiger partial charge >= 0.3 is 11.9 Å².